The maximum absolute atomic E-state index is 8.62. The Kier molecular flexibility index (Phi) is 4.11. The van der Waals surface area contributed by atoms with Gasteiger partial charge in [0.25, 0.3) is 0 Å². The van der Waals surface area contributed by atoms with Crippen LogP contribution < -0.4 is 4.57 Å². The minimum Gasteiger partial charge on any atom is -0.454 e. The first-order valence-corrected chi connectivity index (χ1v) is 11.5. The lowest BCUT2D eigenvalue weighted by atomic mass is 9.94. The van der Waals surface area contributed by atoms with Crippen LogP contribution >= 0.6 is 0 Å². The predicted molar refractivity (Wildman–Crippen MR) is 139 cm³/mol. The summed E-state index contributed by atoms with van der Waals surface area (Å²) in [5, 5.41) is 5.75. The minimum absolute atomic E-state index is 0.666. The fourth-order valence-corrected chi connectivity index (χ4v) is 5.29. The first-order chi connectivity index (χ1) is 16.3. The van der Waals surface area contributed by atoms with Gasteiger partial charge in [0.15, 0.2) is 0 Å². The van der Waals surface area contributed by atoms with Gasteiger partial charge in [-0.05, 0) is 60.0 Å². The summed E-state index contributed by atoms with van der Waals surface area (Å²) in [6, 6.07) is 25.7. The van der Waals surface area contributed by atoms with Crippen LogP contribution in [0.4, 0.5) is 0 Å². The van der Waals surface area contributed by atoms with E-state index in [0.717, 1.165) is 55.0 Å². The van der Waals surface area contributed by atoms with E-state index in [-0.39, 0.29) is 0 Å². The lowest BCUT2D eigenvalue weighted by molar-refractivity contribution is -0.633. The molecule has 0 bridgehead atoms. The van der Waals surface area contributed by atoms with Gasteiger partial charge in [0.05, 0.1) is 5.56 Å². The van der Waals surface area contributed by atoms with E-state index in [9.17, 15) is 0 Å². The van der Waals surface area contributed by atoms with Crippen LogP contribution in [0.3, 0.4) is 0 Å². The molecule has 6 rings (SSSR count). The second-order valence-corrected chi connectivity index (χ2v) is 9.35. The van der Waals surface area contributed by atoms with Gasteiger partial charge in [0.2, 0.25) is 11.2 Å². The van der Waals surface area contributed by atoms with Crippen molar-refractivity contribution in [1.82, 2.24) is 0 Å². The van der Waals surface area contributed by atoms with Crippen molar-refractivity contribution < 1.29 is 10.4 Å². The number of fused-ring (bicyclic) bond motifs is 6. The average Bonchev–Trinajstić information content (AvgIpc) is 3.18. The number of hydrogen-bond donors (Lipinski definition) is 0. The van der Waals surface area contributed by atoms with E-state index in [2.05, 4.69) is 98.3 Å². The summed E-state index contributed by atoms with van der Waals surface area (Å²) in [7, 11) is 2.12. The Bertz CT molecular complexity index is 1770. The Morgan fingerprint density at radius 2 is 1.58 bits per heavy atom. The van der Waals surface area contributed by atoms with Crippen molar-refractivity contribution in [2.24, 2.45) is 7.05 Å². The van der Waals surface area contributed by atoms with Gasteiger partial charge in [-0.1, -0.05) is 56.3 Å². The van der Waals surface area contributed by atoms with Crippen LogP contribution in [-0.4, -0.2) is 0 Å². The van der Waals surface area contributed by atoms with Crippen molar-refractivity contribution in [3.63, 3.8) is 0 Å². The molecule has 0 spiro atoms. The lowest BCUT2D eigenvalue weighted by Gasteiger charge is -2.12. The van der Waals surface area contributed by atoms with Gasteiger partial charge < -0.3 is 4.42 Å². The Labute approximate surface area is 195 Å². The number of hydrogen-bond acceptors (Lipinski definition) is 1. The molecule has 2 heteroatoms. The summed E-state index contributed by atoms with van der Waals surface area (Å²) >= 11 is 0. The molecule has 0 saturated carbocycles. The summed E-state index contributed by atoms with van der Waals surface area (Å²) in [4.78, 5) is 0. The van der Waals surface area contributed by atoms with Crippen LogP contribution in [0.2, 0.25) is 0 Å². The number of nitrogens with zero attached hydrogens (tertiary/aromatic N) is 1. The van der Waals surface area contributed by atoms with Crippen molar-refractivity contribution in [2.45, 2.75) is 33.6 Å². The molecule has 0 aliphatic heterocycles. The third-order valence-electron chi connectivity index (χ3n) is 7.18. The highest BCUT2D eigenvalue weighted by atomic mass is 16.3. The highest BCUT2D eigenvalue weighted by molar-refractivity contribution is 6.17. The van der Waals surface area contributed by atoms with Gasteiger partial charge in [0, 0.05) is 35.0 Å². The number of aryl methyl sites for hydroxylation is 2. The molecular formula is C31H28NO+. The number of rotatable bonds is 2. The Morgan fingerprint density at radius 1 is 0.788 bits per heavy atom. The van der Waals surface area contributed by atoms with Crippen LogP contribution in [0.25, 0.3) is 54.9 Å². The fourth-order valence-electron chi connectivity index (χ4n) is 5.29. The van der Waals surface area contributed by atoms with Gasteiger partial charge in [0.1, 0.15) is 18.2 Å². The highest BCUT2D eigenvalue weighted by Crippen LogP contribution is 2.41. The quantitative estimate of drug-likeness (QED) is 0.253. The molecule has 0 amide bonds. The summed E-state index contributed by atoms with van der Waals surface area (Å²) < 4.78 is 17.6. The van der Waals surface area contributed by atoms with Crippen LogP contribution in [0.1, 0.15) is 37.8 Å². The van der Waals surface area contributed by atoms with Crippen molar-refractivity contribution in [3.8, 4) is 11.3 Å². The second kappa shape index (κ2) is 7.18. The van der Waals surface area contributed by atoms with E-state index in [1.807, 2.05) is 13.8 Å². The zero-order valence-corrected chi connectivity index (χ0v) is 19.8. The Balaban J connectivity index is 1.73. The van der Waals surface area contributed by atoms with E-state index in [1.54, 1.807) is 0 Å². The number of aromatic nitrogens is 1. The molecule has 0 aliphatic carbocycles. The van der Waals surface area contributed by atoms with Gasteiger partial charge in [-0.25, -0.2) is 0 Å². The number of pyridine rings is 1. The van der Waals surface area contributed by atoms with Gasteiger partial charge in [-0.3, -0.25) is 0 Å². The monoisotopic (exact) mass is 431 g/mol. The van der Waals surface area contributed by atoms with Crippen LogP contribution in [-0.2, 0) is 7.05 Å². The average molecular weight is 432 g/mol. The predicted octanol–water partition coefficient (Wildman–Crippen LogP) is 8.12. The van der Waals surface area contributed by atoms with Crippen molar-refractivity contribution in [3.05, 3.63) is 89.5 Å². The third kappa shape index (κ3) is 2.83. The standard InChI is InChI=1S/C31H28NO/c1-18(2)22-11-8-12-27-24(22)15-16-28(32(27)5)29-20(4)19(3)17-26-25-14-13-21-9-6-7-10-23(21)30(25)33-31(26)29/h6-18H,1-5H3/q+1/i18D. The van der Waals surface area contributed by atoms with Gasteiger partial charge in [-0.15, -0.1) is 0 Å². The molecule has 0 saturated heterocycles. The normalized spacial score (nSPS) is 12.8. The van der Waals surface area contributed by atoms with Crippen molar-refractivity contribution in [1.29, 1.82) is 0 Å². The van der Waals surface area contributed by atoms with Gasteiger partial charge in [-0.2, -0.15) is 4.57 Å². The molecule has 162 valence electrons. The van der Waals surface area contributed by atoms with E-state index in [4.69, 9.17) is 5.79 Å². The van der Waals surface area contributed by atoms with Crippen LogP contribution in [0, 0.1) is 13.8 Å². The highest BCUT2D eigenvalue weighted by Gasteiger charge is 2.24. The number of furan rings is 1. The molecule has 4 aromatic carbocycles. The molecule has 0 unspecified atom stereocenters. The number of benzene rings is 4. The molecule has 33 heavy (non-hydrogen) atoms. The largest absolute Gasteiger partial charge is 0.454 e. The molecule has 0 atom stereocenters. The topological polar surface area (TPSA) is 17.0 Å². The third-order valence-corrected chi connectivity index (χ3v) is 7.18. The molecule has 6 aromatic rings. The maximum atomic E-state index is 8.62. The van der Waals surface area contributed by atoms with Gasteiger partial charge >= 0.3 is 0 Å². The molecule has 0 N–H and O–H groups in total. The van der Waals surface area contributed by atoms with E-state index >= 15 is 0 Å². The SMILES string of the molecule is [2H]C(C)(C)c1cccc2c1ccc(-c1c(C)c(C)cc3c1oc1c4ccccc4ccc31)[n+]2C. The first-order valence-electron chi connectivity index (χ1n) is 12.0. The molecule has 2 aromatic heterocycles. The summed E-state index contributed by atoms with van der Waals surface area (Å²) in [5.41, 5.74) is 8.75. The Morgan fingerprint density at radius 3 is 2.39 bits per heavy atom. The zero-order valence-electron chi connectivity index (χ0n) is 20.8. The van der Waals surface area contributed by atoms with E-state index in [1.165, 1.54) is 16.5 Å². The van der Waals surface area contributed by atoms with E-state index < -0.39 is 5.89 Å². The van der Waals surface area contributed by atoms with Crippen LogP contribution in [0.5, 0.6) is 0 Å². The second-order valence-electron chi connectivity index (χ2n) is 9.35. The first kappa shape index (κ1) is 18.9. The molecule has 2 nitrogen and oxygen atoms in total. The van der Waals surface area contributed by atoms with Crippen LogP contribution in [0.15, 0.2) is 77.2 Å². The summed E-state index contributed by atoms with van der Waals surface area (Å²) in [5.74, 6) is -0.666. The molecule has 0 radical (unpaired) electrons. The molecule has 0 fully saturated rings. The summed E-state index contributed by atoms with van der Waals surface area (Å²) in [6.45, 7) is 8.26. The van der Waals surface area contributed by atoms with Crippen molar-refractivity contribution in [2.75, 3.05) is 0 Å². The molecule has 0 aliphatic rings. The van der Waals surface area contributed by atoms with E-state index in [0.29, 0.717) is 0 Å². The minimum atomic E-state index is -0.666. The molecular weight excluding hydrogens is 402 g/mol. The smallest absolute Gasteiger partial charge is 0.216 e. The molecule has 2 heterocycles. The fraction of sp³-hybridized carbons (Fsp3) is 0.194. The zero-order chi connectivity index (χ0) is 23.8. The maximum Gasteiger partial charge on any atom is 0.216 e. The summed E-state index contributed by atoms with van der Waals surface area (Å²) in [6.07, 6.45) is 0. The Hall–Kier alpha value is -3.65. The lowest BCUT2D eigenvalue weighted by Crippen LogP contribution is -2.32. The van der Waals surface area contributed by atoms with Crippen molar-refractivity contribution >= 4 is 43.6 Å².